The van der Waals surface area contributed by atoms with Crippen molar-refractivity contribution in [3.05, 3.63) is 24.3 Å². The van der Waals surface area contributed by atoms with Crippen LogP contribution < -0.4 is 20.7 Å². The number of hydrogen-bond acceptors (Lipinski definition) is 4. The lowest BCUT2D eigenvalue weighted by atomic mass is 10.0. The zero-order valence-corrected chi connectivity index (χ0v) is 15.1. The van der Waals surface area contributed by atoms with E-state index in [4.69, 9.17) is 10.5 Å². The van der Waals surface area contributed by atoms with Crippen LogP contribution in [0.5, 0.6) is 5.75 Å². The Morgan fingerprint density at radius 3 is 2.91 bits per heavy atom. The fraction of sp³-hybridized carbons (Fsp3) is 0.562. The minimum Gasteiger partial charge on any atom is -0.497 e. The third kappa shape index (κ3) is 6.85. The second-order valence-corrected chi connectivity index (χ2v) is 5.45. The molecule has 3 N–H and O–H groups in total. The molecule has 1 aromatic carbocycles. The number of nitrogens with two attached hydrogens (primary N) is 1. The smallest absolute Gasteiger partial charge is 0.220 e. The highest BCUT2D eigenvalue weighted by Crippen LogP contribution is 2.24. The number of carbonyl (C=O) groups excluding carboxylic acids is 1. The van der Waals surface area contributed by atoms with Gasteiger partial charge in [0, 0.05) is 37.3 Å². The van der Waals surface area contributed by atoms with Gasteiger partial charge in [-0.3, -0.25) is 4.79 Å². The van der Waals surface area contributed by atoms with Crippen molar-refractivity contribution in [2.45, 2.75) is 31.7 Å². The van der Waals surface area contributed by atoms with Crippen LogP contribution in [0.3, 0.4) is 0 Å². The summed E-state index contributed by atoms with van der Waals surface area (Å²) in [5.41, 5.74) is 6.58. The first-order valence-corrected chi connectivity index (χ1v) is 7.61. The summed E-state index contributed by atoms with van der Waals surface area (Å²) in [4.78, 5) is 14.1. The molecule has 1 atom stereocenters. The van der Waals surface area contributed by atoms with E-state index in [1.54, 1.807) is 7.11 Å². The molecule has 0 spiro atoms. The highest BCUT2D eigenvalue weighted by Gasteiger charge is 2.21. The van der Waals surface area contributed by atoms with Crippen LogP contribution >= 0.6 is 24.8 Å². The Morgan fingerprint density at radius 2 is 2.22 bits per heavy atom. The number of carbonyl (C=O) groups is 1. The number of nitrogens with zero attached hydrogens (tertiary/aromatic N) is 1. The number of benzene rings is 1. The molecule has 5 nitrogen and oxygen atoms in total. The zero-order valence-electron chi connectivity index (χ0n) is 13.5. The largest absolute Gasteiger partial charge is 0.497 e. The van der Waals surface area contributed by atoms with Crippen LogP contribution in [-0.2, 0) is 4.79 Å². The van der Waals surface area contributed by atoms with Gasteiger partial charge in [-0.05, 0) is 37.9 Å². The molecule has 1 saturated heterocycles. The first-order valence-electron chi connectivity index (χ1n) is 7.61. The van der Waals surface area contributed by atoms with Gasteiger partial charge in [0.2, 0.25) is 5.91 Å². The number of rotatable bonds is 6. The summed E-state index contributed by atoms with van der Waals surface area (Å²) < 4.78 is 5.27. The first-order chi connectivity index (χ1) is 10.2. The molecule has 0 bridgehead atoms. The lowest BCUT2D eigenvalue weighted by Gasteiger charge is -2.35. The van der Waals surface area contributed by atoms with Crippen LogP contribution in [0.15, 0.2) is 24.3 Å². The number of nitrogens with one attached hydrogen (secondary N) is 1. The maximum Gasteiger partial charge on any atom is 0.220 e. The number of methoxy groups -OCH3 is 1. The van der Waals surface area contributed by atoms with Gasteiger partial charge in [-0.1, -0.05) is 6.07 Å². The summed E-state index contributed by atoms with van der Waals surface area (Å²) >= 11 is 0. The fourth-order valence-corrected chi connectivity index (χ4v) is 2.70. The van der Waals surface area contributed by atoms with Crippen molar-refractivity contribution in [2.24, 2.45) is 5.73 Å². The molecule has 132 valence electrons. The molecule has 1 aliphatic rings. The second-order valence-electron chi connectivity index (χ2n) is 5.45. The molecule has 1 aromatic rings. The van der Waals surface area contributed by atoms with Crippen molar-refractivity contribution in [3.63, 3.8) is 0 Å². The van der Waals surface area contributed by atoms with Crippen molar-refractivity contribution in [1.29, 1.82) is 0 Å². The lowest BCUT2D eigenvalue weighted by molar-refractivity contribution is -0.121. The quantitative estimate of drug-likeness (QED) is 0.813. The van der Waals surface area contributed by atoms with Crippen LogP contribution in [0.25, 0.3) is 0 Å². The van der Waals surface area contributed by atoms with Gasteiger partial charge in [0.15, 0.2) is 0 Å². The van der Waals surface area contributed by atoms with E-state index in [0.717, 1.165) is 43.8 Å². The van der Waals surface area contributed by atoms with Gasteiger partial charge in [-0.15, -0.1) is 24.8 Å². The van der Waals surface area contributed by atoms with E-state index in [1.165, 1.54) is 0 Å². The van der Waals surface area contributed by atoms with E-state index in [-0.39, 0.29) is 36.8 Å². The van der Waals surface area contributed by atoms with Gasteiger partial charge < -0.3 is 20.7 Å². The Balaban J connectivity index is 0.00000242. The summed E-state index contributed by atoms with van der Waals surface area (Å²) in [6.45, 7) is 2.43. The summed E-state index contributed by atoms with van der Waals surface area (Å²) in [6.07, 6.45) is 3.39. The number of halogens is 2. The normalized spacial score (nSPS) is 16.8. The molecule has 0 saturated carbocycles. The monoisotopic (exact) mass is 363 g/mol. The van der Waals surface area contributed by atoms with Crippen molar-refractivity contribution in [1.82, 2.24) is 5.32 Å². The van der Waals surface area contributed by atoms with Gasteiger partial charge in [0.1, 0.15) is 5.75 Å². The summed E-state index contributed by atoms with van der Waals surface area (Å²) in [5.74, 6) is 0.972. The highest BCUT2D eigenvalue weighted by atomic mass is 35.5. The maximum absolute atomic E-state index is 11.8. The minimum atomic E-state index is 0. The van der Waals surface area contributed by atoms with Gasteiger partial charge in [0.05, 0.1) is 7.11 Å². The lowest BCUT2D eigenvalue weighted by Crippen LogP contribution is -2.47. The van der Waals surface area contributed by atoms with E-state index in [9.17, 15) is 4.79 Å². The summed E-state index contributed by atoms with van der Waals surface area (Å²) in [6, 6.07) is 8.28. The van der Waals surface area contributed by atoms with Gasteiger partial charge in [0.25, 0.3) is 0 Å². The van der Waals surface area contributed by atoms with Crippen LogP contribution in [-0.4, -0.2) is 38.7 Å². The van der Waals surface area contributed by atoms with Crippen molar-refractivity contribution in [3.8, 4) is 5.75 Å². The number of piperidine rings is 1. The van der Waals surface area contributed by atoms with Gasteiger partial charge in [-0.2, -0.15) is 0 Å². The Morgan fingerprint density at radius 1 is 1.43 bits per heavy atom. The number of anilines is 1. The summed E-state index contributed by atoms with van der Waals surface area (Å²) in [5, 5.41) is 3.11. The highest BCUT2D eigenvalue weighted by molar-refractivity contribution is 5.85. The average molecular weight is 364 g/mol. The number of ether oxygens (including phenoxy) is 1. The molecule has 0 aromatic heterocycles. The van der Waals surface area contributed by atoms with E-state index in [2.05, 4.69) is 16.3 Å². The summed E-state index contributed by atoms with van der Waals surface area (Å²) in [7, 11) is 1.68. The molecule has 1 unspecified atom stereocenters. The van der Waals surface area contributed by atoms with E-state index >= 15 is 0 Å². The minimum absolute atomic E-state index is 0. The van der Waals surface area contributed by atoms with Crippen LogP contribution in [0.2, 0.25) is 0 Å². The topological polar surface area (TPSA) is 67.6 Å². The van der Waals surface area contributed by atoms with Crippen LogP contribution in [0, 0.1) is 0 Å². The van der Waals surface area contributed by atoms with Crippen molar-refractivity contribution in [2.75, 3.05) is 31.6 Å². The maximum atomic E-state index is 11.8. The molecule has 1 heterocycles. The molecular weight excluding hydrogens is 337 g/mol. The molecule has 7 heteroatoms. The second kappa shape index (κ2) is 11.4. The third-order valence-corrected chi connectivity index (χ3v) is 3.81. The predicted molar refractivity (Wildman–Crippen MR) is 99.2 cm³/mol. The van der Waals surface area contributed by atoms with E-state index in [0.29, 0.717) is 13.0 Å². The standard InChI is InChI=1S/C16H25N3O2.2ClH/c1-21-15-7-2-6-14(11-15)19-10-4-5-13(12-19)18-16(20)8-3-9-17;;/h2,6-7,11,13H,3-5,8-10,12,17H2,1H3,(H,18,20);2*1H. The van der Waals surface area contributed by atoms with E-state index in [1.807, 2.05) is 18.2 Å². The van der Waals surface area contributed by atoms with Crippen molar-refractivity contribution < 1.29 is 9.53 Å². The first kappa shape index (κ1) is 21.8. The Labute approximate surface area is 150 Å². The predicted octanol–water partition coefficient (Wildman–Crippen LogP) is 2.36. The molecule has 1 fully saturated rings. The van der Waals surface area contributed by atoms with E-state index < -0.39 is 0 Å². The Hall–Kier alpha value is -1.17. The van der Waals surface area contributed by atoms with Gasteiger partial charge in [-0.25, -0.2) is 0 Å². The third-order valence-electron chi connectivity index (χ3n) is 3.81. The SMILES string of the molecule is COc1cccc(N2CCCC(NC(=O)CCCN)C2)c1.Cl.Cl. The number of hydrogen-bond donors (Lipinski definition) is 2. The number of amides is 1. The molecule has 0 radical (unpaired) electrons. The zero-order chi connectivity index (χ0) is 15.1. The van der Waals surface area contributed by atoms with Crippen LogP contribution in [0.1, 0.15) is 25.7 Å². The molecule has 1 aliphatic heterocycles. The van der Waals surface area contributed by atoms with Gasteiger partial charge >= 0.3 is 0 Å². The van der Waals surface area contributed by atoms with Crippen LogP contribution in [0.4, 0.5) is 5.69 Å². The fourth-order valence-electron chi connectivity index (χ4n) is 2.70. The van der Waals surface area contributed by atoms with Crippen molar-refractivity contribution >= 4 is 36.4 Å². The average Bonchev–Trinajstić information content (AvgIpc) is 2.53. The molecule has 2 rings (SSSR count). The Kier molecular flexibility index (Phi) is 10.8. The molecular formula is C16H27Cl2N3O2. The molecule has 0 aliphatic carbocycles. The molecule has 1 amide bonds. The Bertz CT molecular complexity index is 474. The molecule has 23 heavy (non-hydrogen) atoms.